The number of hydrogen-bond donors (Lipinski definition) is 3. The van der Waals surface area contributed by atoms with Crippen molar-refractivity contribution in [1.82, 2.24) is 10.6 Å². The lowest BCUT2D eigenvalue weighted by Gasteiger charge is -2.07. The van der Waals surface area contributed by atoms with Crippen LogP contribution in [0.1, 0.15) is 56.6 Å². The van der Waals surface area contributed by atoms with E-state index in [0.29, 0.717) is 6.54 Å². The third-order valence-corrected chi connectivity index (χ3v) is 3.75. The third-order valence-electron chi connectivity index (χ3n) is 3.75. The number of benzene rings is 1. The van der Waals surface area contributed by atoms with Gasteiger partial charge in [0, 0.05) is 13.1 Å². The minimum Gasteiger partial charge on any atom is -0.326 e. The van der Waals surface area contributed by atoms with Gasteiger partial charge in [-0.25, -0.2) is 0 Å². The first-order chi connectivity index (χ1) is 10.4. The molecular formula is C18H33N3. The van der Waals surface area contributed by atoms with E-state index in [1.807, 2.05) is 0 Å². The first-order valence-corrected chi connectivity index (χ1v) is 8.56. The largest absolute Gasteiger partial charge is 0.326 e. The molecule has 0 aliphatic rings. The summed E-state index contributed by atoms with van der Waals surface area (Å²) in [6.45, 7) is 7.19. The number of nitrogens with two attached hydrogens (primary N) is 1. The van der Waals surface area contributed by atoms with Crippen molar-refractivity contribution in [2.24, 2.45) is 5.73 Å². The van der Waals surface area contributed by atoms with E-state index in [1.54, 1.807) is 0 Å². The van der Waals surface area contributed by atoms with E-state index in [2.05, 4.69) is 41.8 Å². The Hall–Kier alpha value is -0.900. The topological polar surface area (TPSA) is 50.1 Å². The van der Waals surface area contributed by atoms with Gasteiger partial charge < -0.3 is 16.4 Å². The number of hydrogen-bond acceptors (Lipinski definition) is 3. The van der Waals surface area contributed by atoms with Crippen LogP contribution in [0.15, 0.2) is 24.3 Å². The summed E-state index contributed by atoms with van der Waals surface area (Å²) in [5, 5.41) is 7.01. The molecule has 0 amide bonds. The molecule has 3 heteroatoms. The number of nitrogens with one attached hydrogen (secondary N) is 2. The lowest BCUT2D eigenvalue weighted by Crippen LogP contribution is -2.22. The Bertz CT molecular complexity index is 335. The number of rotatable bonds is 13. The molecule has 0 bridgehead atoms. The second kappa shape index (κ2) is 12.8. The molecule has 0 heterocycles. The van der Waals surface area contributed by atoms with E-state index < -0.39 is 0 Å². The van der Waals surface area contributed by atoms with Crippen LogP contribution in [-0.4, -0.2) is 19.6 Å². The van der Waals surface area contributed by atoms with Crippen LogP contribution in [0.4, 0.5) is 0 Å². The highest BCUT2D eigenvalue weighted by Gasteiger charge is 1.94. The van der Waals surface area contributed by atoms with Gasteiger partial charge in [0.1, 0.15) is 0 Å². The van der Waals surface area contributed by atoms with Crippen molar-refractivity contribution in [2.45, 2.75) is 58.5 Å². The normalized spacial score (nSPS) is 11.0. The second-order valence-corrected chi connectivity index (χ2v) is 5.72. The third kappa shape index (κ3) is 9.62. The van der Waals surface area contributed by atoms with Crippen LogP contribution < -0.4 is 16.4 Å². The van der Waals surface area contributed by atoms with Gasteiger partial charge >= 0.3 is 0 Å². The average molecular weight is 291 g/mol. The van der Waals surface area contributed by atoms with Crippen LogP contribution in [0.25, 0.3) is 0 Å². The predicted octanol–water partition coefficient (Wildman–Crippen LogP) is 3.19. The highest BCUT2D eigenvalue weighted by Crippen LogP contribution is 2.03. The van der Waals surface area contributed by atoms with Crippen LogP contribution in [0.5, 0.6) is 0 Å². The molecule has 0 aromatic heterocycles. The molecule has 1 aromatic rings. The molecule has 0 aliphatic heterocycles. The van der Waals surface area contributed by atoms with Crippen molar-refractivity contribution in [3.05, 3.63) is 35.4 Å². The molecule has 0 saturated carbocycles. The zero-order chi connectivity index (χ0) is 15.2. The molecule has 0 fully saturated rings. The molecule has 1 rings (SSSR count). The standard InChI is InChI=1S/C18H33N3/c1-2-3-4-5-6-12-20-13-7-14-21-16-18-10-8-17(15-19)9-11-18/h8-11,20-21H,2-7,12-16,19H2,1H3. The van der Waals surface area contributed by atoms with Crippen molar-refractivity contribution in [2.75, 3.05) is 19.6 Å². The average Bonchev–Trinajstić information content (AvgIpc) is 2.53. The van der Waals surface area contributed by atoms with E-state index in [1.165, 1.54) is 56.2 Å². The molecule has 21 heavy (non-hydrogen) atoms. The highest BCUT2D eigenvalue weighted by molar-refractivity contribution is 5.22. The molecule has 0 spiro atoms. The molecule has 1 aromatic carbocycles. The maximum absolute atomic E-state index is 5.59. The van der Waals surface area contributed by atoms with Crippen LogP contribution in [0.3, 0.4) is 0 Å². The lowest BCUT2D eigenvalue weighted by molar-refractivity contribution is 0.558. The molecule has 3 nitrogen and oxygen atoms in total. The van der Waals surface area contributed by atoms with Crippen molar-refractivity contribution in [1.29, 1.82) is 0 Å². The van der Waals surface area contributed by atoms with Crippen molar-refractivity contribution in [3.8, 4) is 0 Å². The SMILES string of the molecule is CCCCCCCNCCCNCc1ccc(CN)cc1. The quantitative estimate of drug-likeness (QED) is 0.489. The Morgan fingerprint density at radius 3 is 2.10 bits per heavy atom. The Kier molecular flexibility index (Phi) is 11.1. The minimum atomic E-state index is 0.623. The predicted molar refractivity (Wildman–Crippen MR) is 92.3 cm³/mol. The van der Waals surface area contributed by atoms with E-state index in [4.69, 9.17) is 5.73 Å². The molecule has 0 unspecified atom stereocenters. The molecule has 0 radical (unpaired) electrons. The monoisotopic (exact) mass is 291 g/mol. The molecule has 0 saturated heterocycles. The molecule has 4 N–H and O–H groups in total. The summed E-state index contributed by atoms with van der Waals surface area (Å²) in [5.74, 6) is 0. The van der Waals surface area contributed by atoms with Crippen molar-refractivity contribution >= 4 is 0 Å². The first kappa shape index (κ1) is 18.1. The fourth-order valence-corrected chi connectivity index (χ4v) is 2.34. The van der Waals surface area contributed by atoms with Gasteiger partial charge in [0.25, 0.3) is 0 Å². The van der Waals surface area contributed by atoms with E-state index in [-0.39, 0.29) is 0 Å². The summed E-state index contributed by atoms with van der Waals surface area (Å²) in [5.41, 5.74) is 8.12. The molecular weight excluding hydrogens is 258 g/mol. The zero-order valence-corrected chi connectivity index (χ0v) is 13.7. The van der Waals surface area contributed by atoms with Crippen LogP contribution in [0, 0.1) is 0 Å². The highest BCUT2D eigenvalue weighted by atomic mass is 14.9. The summed E-state index contributed by atoms with van der Waals surface area (Å²) in [4.78, 5) is 0. The van der Waals surface area contributed by atoms with Crippen LogP contribution in [-0.2, 0) is 13.1 Å². The smallest absolute Gasteiger partial charge is 0.0205 e. The Labute approximate surface area is 130 Å². The molecule has 0 aliphatic carbocycles. The van der Waals surface area contributed by atoms with Gasteiger partial charge in [0.15, 0.2) is 0 Å². The summed E-state index contributed by atoms with van der Waals surface area (Å²) in [6, 6.07) is 8.53. The van der Waals surface area contributed by atoms with Gasteiger partial charge in [-0.15, -0.1) is 0 Å². The fourth-order valence-electron chi connectivity index (χ4n) is 2.34. The number of unbranched alkanes of at least 4 members (excludes halogenated alkanes) is 4. The minimum absolute atomic E-state index is 0.623. The van der Waals surface area contributed by atoms with Crippen LogP contribution in [0.2, 0.25) is 0 Å². The Balaban J connectivity index is 1.88. The molecule has 0 atom stereocenters. The summed E-state index contributed by atoms with van der Waals surface area (Å²) in [7, 11) is 0. The van der Waals surface area contributed by atoms with Gasteiger partial charge in [0.05, 0.1) is 0 Å². The maximum Gasteiger partial charge on any atom is 0.0205 e. The van der Waals surface area contributed by atoms with Gasteiger partial charge in [-0.3, -0.25) is 0 Å². The van der Waals surface area contributed by atoms with Gasteiger partial charge in [-0.1, -0.05) is 56.9 Å². The Morgan fingerprint density at radius 2 is 1.38 bits per heavy atom. The maximum atomic E-state index is 5.59. The van der Waals surface area contributed by atoms with Gasteiger partial charge in [0.2, 0.25) is 0 Å². The van der Waals surface area contributed by atoms with Gasteiger partial charge in [-0.05, 0) is 43.6 Å². The molecule has 120 valence electrons. The van der Waals surface area contributed by atoms with Gasteiger partial charge in [-0.2, -0.15) is 0 Å². The summed E-state index contributed by atoms with van der Waals surface area (Å²) in [6.07, 6.45) is 7.99. The van der Waals surface area contributed by atoms with E-state index in [9.17, 15) is 0 Å². The van der Waals surface area contributed by atoms with E-state index >= 15 is 0 Å². The summed E-state index contributed by atoms with van der Waals surface area (Å²) >= 11 is 0. The first-order valence-electron chi connectivity index (χ1n) is 8.56. The summed E-state index contributed by atoms with van der Waals surface area (Å²) < 4.78 is 0. The van der Waals surface area contributed by atoms with Crippen LogP contribution >= 0.6 is 0 Å². The Morgan fingerprint density at radius 1 is 0.762 bits per heavy atom. The van der Waals surface area contributed by atoms with Crippen molar-refractivity contribution < 1.29 is 0 Å². The zero-order valence-electron chi connectivity index (χ0n) is 13.7. The fraction of sp³-hybridized carbons (Fsp3) is 0.667. The van der Waals surface area contributed by atoms with Crippen molar-refractivity contribution in [3.63, 3.8) is 0 Å². The van der Waals surface area contributed by atoms with E-state index in [0.717, 1.165) is 19.6 Å². The second-order valence-electron chi connectivity index (χ2n) is 5.72. The lowest BCUT2D eigenvalue weighted by atomic mass is 10.1.